The molecule has 0 fully saturated rings. The Kier molecular flexibility index (Phi) is 52.3. The summed E-state index contributed by atoms with van der Waals surface area (Å²) >= 11 is 0. The van der Waals surface area contributed by atoms with Crippen molar-refractivity contribution >= 4 is 17.9 Å². The van der Waals surface area contributed by atoms with E-state index in [0.29, 0.717) is 17.4 Å². The highest BCUT2D eigenvalue weighted by Gasteiger charge is 2.25. The Bertz CT molecular complexity index is 1690. The van der Waals surface area contributed by atoms with E-state index in [9.17, 15) is 19.5 Å². The molecule has 0 saturated carbocycles. The van der Waals surface area contributed by atoms with Crippen LogP contribution in [0.3, 0.4) is 0 Å². The summed E-state index contributed by atoms with van der Waals surface area (Å²) in [6.45, 7) is 4.60. The molecule has 2 unspecified atom stereocenters. The molecule has 9 nitrogen and oxygen atoms in total. The van der Waals surface area contributed by atoms with Crippen molar-refractivity contribution in [3.05, 3.63) is 134 Å². The van der Waals surface area contributed by atoms with Crippen molar-refractivity contribution in [2.45, 2.75) is 219 Å². The van der Waals surface area contributed by atoms with Gasteiger partial charge in [0, 0.05) is 12.8 Å². The fraction of sp³-hybridized carbons (Fsp3) is 0.621. The van der Waals surface area contributed by atoms with Crippen LogP contribution < -0.4 is 0 Å². The minimum Gasteiger partial charge on any atom is -0.477 e. The molecular weight excluding hydrogens is 935 g/mol. The normalized spacial score (nSPS) is 13.8. The van der Waals surface area contributed by atoms with Gasteiger partial charge in [-0.1, -0.05) is 218 Å². The highest BCUT2D eigenvalue weighted by molar-refractivity contribution is 5.71. The second-order valence-corrected chi connectivity index (χ2v) is 20.2. The van der Waals surface area contributed by atoms with Gasteiger partial charge >= 0.3 is 17.9 Å². The van der Waals surface area contributed by atoms with Crippen LogP contribution in [0.4, 0.5) is 0 Å². The Hall–Kier alpha value is -4.57. The maximum absolute atomic E-state index is 12.9. The monoisotopic (exact) mass is 1040 g/mol. The van der Waals surface area contributed by atoms with Gasteiger partial charge in [-0.25, -0.2) is 4.79 Å². The molecule has 0 spiro atoms. The summed E-state index contributed by atoms with van der Waals surface area (Å²) in [5, 5.41) is 9.69. The van der Waals surface area contributed by atoms with E-state index in [4.69, 9.17) is 18.9 Å². The van der Waals surface area contributed by atoms with Gasteiger partial charge in [-0.3, -0.25) is 9.59 Å². The Morgan fingerprint density at radius 2 is 0.720 bits per heavy atom. The molecule has 0 aliphatic carbocycles. The zero-order chi connectivity index (χ0) is 54.8. The summed E-state index contributed by atoms with van der Waals surface area (Å²) in [5.41, 5.74) is 0. The van der Waals surface area contributed by atoms with Gasteiger partial charge in [0.25, 0.3) is 6.29 Å². The van der Waals surface area contributed by atoms with Crippen LogP contribution >= 0.6 is 0 Å². The second-order valence-electron chi connectivity index (χ2n) is 20.2. The third-order valence-electron chi connectivity index (χ3n) is 11.9. The van der Waals surface area contributed by atoms with Crippen molar-refractivity contribution in [2.75, 3.05) is 47.5 Å². The summed E-state index contributed by atoms with van der Waals surface area (Å²) < 4.78 is 22.8. The van der Waals surface area contributed by atoms with Gasteiger partial charge in [0.1, 0.15) is 13.2 Å². The van der Waals surface area contributed by atoms with Crippen LogP contribution in [0, 0.1) is 0 Å². The first-order valence-electron chi connectivity index (χ1n) is 29.3. The number of quaternary nitrogens is 1. The van der Waals surface area contributed by atoms with Gasteiger partial charge in [0.2, 0.25) is 0 Å². The maximum atomic E-state index is 12.9. The number of rotatable bonds is 52. The van der Waals surface area contributed by atoms with E-state index in [-0.39, 0.29) is 38.6 Å². The van der Waals surface area contributed by atoms with Gasteiger partial charge in [-0.15, -0.1) is 0 Å². The summed E-state index contributed by atoms with van der Waals surface area (Å²) in [6.07, 6.45) is 76.8. The van der Waals surface area contributed by atoms with E-state index in [1.807, 2.05) is 21.1 Å². The van der Waals surface area contributed by atoms with Crippen LogP contribution in [0.25, 0.3) is 0 Å². The summed E-state index contributed by atoms with van der Waals surface area (Å²) in [4.78, 5) is 37.4. The lowest BCUT2D eigenvalue weighted by molar-refractivity contribution is -0.870. The number of nitrogens with zero attached hydrogens (tertiary/aromatic N) is 1. The summed E-state index contributed by atoms with van der Waals surface area (Å²) in [6, 6.07) is 0. The first-order chi connectivity index (χ1) is 36.6. The Labute approximate surface area is 459 Å². The molecule has 0 aromatic rings. The minimum absolute atomic E-state index is 0.177. The number of hydrogen-bond donors (Lipinski definition) is 1. The molecule has 0 aromatic heterocycles. The molecule has 0 aliphatic heterocycles. The summed E-state index contributed by atoms with van der Waals surface area (Å²) in [7, 11) is 5.95. The van der Waals surface area contributed by atoms with Crippen molar-refractivity contribution < 1.29 is 42.9 Å². The Morgan fingerprint density at radius 1 is 0.400 bits per heavy atom. The molecule has 1 N–H and O–H groups in total. The molecule has 2 atom stereocenters. The van der Waals surface area contributed by atoms with Gasteiger partial charge in [0.15, 0.2) is 6.10 Å². The number of carbonyl (C=O) groups excluding carboxylic acids is 2. The lowest BCUT2D eigenvalue weighted by Crippen LogP contribution is -2.40. The first-order valence-corrected chi connectivity index (χ1v) is 29.3. The number of carbonyl (C=O) groups is 3. The van der Waals surface area contributed by atoms with Crippen LogP contribution in [0.2, 0.25) is 0 Å². The quantitative estimate of drug-likeness (QED) is 0.0211. The van der Waals surface area contributed by atoms with Crippen LogP contribution in [0.15, 0.2) is 134 Å². The highest BCUT2D eigenvalue weighted by Crippen LogP contribution is 2.14. The van der Waals surface area contributed by atoms with Crippen molar-refractivity contribution in [1.82, 2.24) is 0 Å². The predicted molar refractivity (Wildman–Crippen MR) is 317 cm³/mol. The largest absolute Gasteiger partial charge is 0.477 e. The molecule has 0 radical (unpaired) electrons. The first kappa shape index (κ1) is 70.4. The molecular formula is C66H108NO8+. The third kappa shape index (κ3) is 57.0. The zero-order valence-electron chi connectivity index (χ0n) is 48.2. The fourth-order valence-corrected chi connectivity index (χ4v) is 7.45. The minimum atomic E-state index is -1.52. The van der Waals surface area contributed by atoms with Crippen LogP contribution in [0.5, 0.6) is 0 Å². The van der Waals surface area contributed by atoms with E-state index >= 15 is 0 Å². The maximum Gasteiger partial charge on any atom is 0.361 e. The van der Waals surface area contributed by atoms with Gasteiger partial charge < -0.3 is 28.5 Å². The SMILES string of the molecule is CC/C=C\C/C=C\C/C=C\C/C=C\C/C=C\C/C=C\C/C=C\C/C=C\CCCCCCCCCCCCC(=O)OC(COC(=O)CCCCCCC/C=C\C/C=C\C/C=C\CC)COC(OCC[N+](C)(C)C)C(=O)O. The van der Waals surface area contributed by atoms with Gasteiger partial charge in [-0.2, -0.15) is 0 Å². The fourth-order valence-electron chi connectivity index (χ4n) is 7.45. The van der Waals surface area contributed by atoms with Gasteiger partial charge in [-0.05, 0) is 109 Å². The number of ether oxygens (including phenoxy) is 4. The molecule has 424 valence electrons. The van der Waals surface area contributed by atoms with E-state index in [1.165, 1.54) is 38.5 Å². The van der Waals surface area contributed by atoms with Crippen LogP contribution in [-0.4, -0.2) is 87.4 Å². The summed E-state index contributed by atoms with van der Waals surface area (Å²) in [5.74, 6) is -2.05. The number of carboxylic acids is 1. The molecule has 0 heterocycles. The highest BCUT2D eigenvalue weighted by atomic mass is 16.7. The van der Waals surface area contributed by atoms with Crippen LogP contribution in [0.1, 0.15) is 206 Å². The van der Waals surface area contributed by atoms with Gasteiger partial charge in [0.05, 0.1) is 34.4 Å². The third-order valence-corrected chi connectivity index (χ3v) is 11.9. The number of carboxylic acid groups (broad SMARTS) is 1. The standard InChI is InChI=1S/C66H107NO8/c1-6-8-10-12-14-16-18-20-22-23-24-25-26-27-28-29-30-31-32-33-34-35-36-37-38-39-40-41-43-45-47-49-51-53-55-57-64(69)75-62(61-74-66(65(70)71)72-59-58-67(3,4)5)60-73-63(68)56-54-52-50-48-46-44-42-21-19-17-15-13-11-9-7-2/h8-11,14-17,20-22,24-25,27-28,30-31,33-34,36-37,42,62,66H,6-7,12-13,18-19,23,26,29,32,35,38-41,43-61H2,1-5H3/p+1/b10-8-,11-9-,16-14-,17-15-,22-20-,25-24-,28-27-,31-30-,34-33-,37-36-,42-21-. The molecule has 9 heteroatoms. The number of allylic oxidation sites excluding steroid dienone is 22. The average Bonchev–Trinajstić information content (AvgIpc) is 3.38. The number of aliphatic carboxylic acids is 1. The number of hydrogen-bond acceptors (Lipinski definition) is 7. The van der Waals surface area contributed by atoms with Crippen molar-refractivity contribution in [3.63, 3.8) is 0 Å². The Balaban J connectivity index is 4.22. The van der Waals surface area contributed by atoms with Crippen molar-refractivity contribution in [2.24, 2.45) is 0 Å². The average molecular weight is 1040 g/mol. The van der Waals surface area contributed by atoms with E-state index in [0.717, 1.165) is 135 Å². The van der Waals surface area contributed by atoms with E-state index in [2.05, 4.69) is 148 Å². The Morgan fingerprint density at radius 3 is 1.07 bits per heavy atom. The van der Waals surface area contributed by atoms with Crippen LogP contribution in [-0.2, 0) is 33.3 Å². The molecule has 0 bridgehead atoms. The number of unbranched alkanes of at least 4 members (excludes halogenated alkanes) is 15. The van der Waals surface area contributed by atoms with Crippen molar-refractivity contribution in [1.29, 1.82) is 0 Å². The topological polar surface area (TPSA) is 108 Å². The second kappa shape index (κ2) is 55.7. The molecule has 0 rings (SSSR count). The van der Waals surface area contributed by atoms with E-state index < -0.39 is 24.3 Å². The number of likely N-dealkylation sites (N-methyl/N-ethyl adjacent to an activating group) is 1. The van der Waals surface area contributed by atoms with E-state index in [1.54, 1.807) is 0 Å². The number of esters is 2. The molecule has 0 aromatic carbocycles. The molecule has 0 amide bonds. The lowest BCUT2D eigenvalue weighted by atomic mass is 10.0. The molecule has 0 aliphatic rings. The van der Waals surface area contributed by atoms with Crippen molar-refractivity contribution in [3.8, 4) is 0 Å². The molecule has 75 heavy (non-hydrogen) atoms. The zero-order valence-corrected chi connectivity index (χ0v) is 48.2. The lowest BCUT2D eigenvalue weighted by Gasteiger charge is -2.25. The molecule has 0 saturated heterocycles. The smallest absolute Gasteiger partial charge is 0.361 e. The predicted octanol–water partition coefficient (Wildman–Crippen LogP) is 17.5.